The normalized spacial score (nSPS) is 15.9. The van der Waals surface area contributed by atoms with Crippen LogP contribution in [0, 0.1) is 0 Å². The molecule has 0 aromatic heterocycles. The number of hydrogen-bond acceptors (Lipinski definition) is 4. The fraction of sp³-hybridized carbons (Fsp3) is 0.455. The Morgan fingerprint density at radius 3 is 2.94 bits per heavy atom. The number of aliphatic hydroxyl groups is 1. The molecular formula is C11H13BrO4. The van der Waals surface area contributed by atoms with Gasteiger partial charge < -0.3 is 19.3 Å². The van der Waals surface area contributed by atoms with Crippen LogP contribution in [-0.2, 0) is 4.74 Å². The minimum absolute atomic E-state index is 0.256. The minimum Gasteiger partial charge on any atom is -0.486 e. The average molecular weight is 289 g/mol. The molecule has 1 aromatic rings. The van der Waals surface area contributed by atoms with Gasteiger partial charge in [0.15, 0.2) is 11.5 Å². The van der Waals surface area contributed by atoms with E-state index in [1.165, 1.54) is 0 Å². The second-order valence-corrected chi connectivity index (χ2v) is 4.35. The largest absolute Gasteiger partial charge is 0.486 e. The number of fused-ring (bicyclic) bond motifs is 1. The standard InChI is InChI=1S/C11H13BrO4/c1-14-6-9(13)7-4-8(12)11-10(5-7)15-2-3-16-11/h4-5,9,13H,2-3,6H2,1H3. The number of aliphatic hydroxyl groups excluding tert-OH is 1. The summed E-state index contributed by atoms with van der Waals surface area (Å²) in [7, 11) is 1.55. The summed E-state index contributed by atoms with van der Waals surface area (Å²) in [4.78, 5) is 0. The lowest BCUT2D eigenvalue weighted by Gasteiger charge is -2.21. The molecule has 1 aliphatic heterocycles. The first kappa shape index (κ1) is 11.7. The second-order valence-electron chi connectivity index (χ2n) is 3.50. The molecule has 0 spiro atoms. The van der Waals surface area contributed by atoms with Crippen molar-refractivity contribution in [3.63, 3.8) is 0 Å². The smallest absolute Gasteiger partial charge is 0.175 e. The van der Waals surface area contributed by atoms with E-state index >= 15 is 0 Å². The molecule has 5 heteroatoms. The van der Waals surface area contributed by atoms with E-state index in [4.69, 9.17) is 14.2 Å². The van der Waals surface area contributed by atoms with E-state index in [1.54, 1.807) is 13.2 Å². The molecule has 0 radical (unpaired) electrons. The number of hydrogen-bond donors (Lipinski definition) is 1. The predicted octanol–water partition coefficient (Wildman–Crippen LogP) is 1.90. The van der Waals surface area contributed by atoms with Gasteiger partial charge in [0.1, 0.15) is 19.3 Å². The summed E-state index contributed by atoms with van der Waals surface area (Å²) < 4.78 is 16.6. The highest BCUT2D eigenvalue weighted by Gasteiger charge is 2.18. The number of methoxy groups -OCH3 is 1. The highest BCUT2D eigenvalue weighted by molar-refractivity contribution is 9.10. The molecule has 0 fully saturated rings. The summed E-state index contributed by atoms with van der Waals surface area (Å²) in [6.07, 6.45) is -0.655. The number of halogens is 1. The predicted molar refractivity (Wildman–Crippen MR) is 62.0 cm³/mol. The van der Waals surface area contributed by atoms with Crippen molar-refractivity contribution in [2.24, 2.45) is 0 Å². The maximum absolute atomic E-state index is 9.80. The molecule has 1 atom stereocenters. The molecule has 1 unspecified atom stereocenters. The van der Waals surface area contributed by atoms with Gasteiger partial charge in [-0.1, -0.05) is 0 Å². The van der Waals surface area contributed by atoms with Gasteiger partial charge in [-0.05, 0) is 33.6 Å². The van der Waals surface area contributed by atoms with E-state index in [1.807, 2.05) is 6.07 Å². The van der Waals surface area contributed by atoms with E-state index in [-0.39, 0.29) is 6.61 Å². The van der Waals surface area contributed by atoms with E-state index < -0.39 is 6.10 Å². The Bertz CT molecular complexity index is 380. The molecule has 1 aromatic carbocycles. The van der Waals surface area contributed by atoms with Gasteiger partial charge in [-0.25, -0.2) is 0 Å². The summed E-state index contributed by atoms with van der Waals surface area (Å²) in [5, 5.41) is 9.80. The highest BCUT2D eigenvalue weighted by atomic mass is 79.9. The van der Waals surface area contributed by atoms with E-state index in [2.05, 4.69) is 15.9 Å². The van der Waals surface area contributed by atoms with Crippen LogP contribution in [0.4, 0.5) is 0 Å². The lowest BCUT2D eigenvalue weighted by Crippen LogP contribution is -2.16. The van der Waals surface area contributed by atoms with Gasteiger partial charge in [-0.2, -0.15) is 0 Å². The lowest BCUT2D eigenvalue weighted by molar-refractivity contribution is 0.0639. The van der Waals surface area contributed by atoms with Gasteiger partial charge in [0.2, 0.25) is 0 Å². The third-order valence-corrected chi connectivity index (χ3v) is 2.92. The van der Waals surface area contributed by atoms with Crippen LogP contribution < -0.4 is 9.47 Å². The Morgan fingerprint density at radius 1 is 1.44 bits per heavy atom. The molecular weight excluding hydrogens is 276 g/mol. The molecule has 16 heavy (non-hydrogen) atoms. The lowest BCUT2D eigenvalue weighted by atomic mass is 10.1. The van der Waals surface area contributed by atoms with Gasteiger partial charge >= 0.3 is 0 Å². The van der Waals surface area contributed by atoms with E-state index in [0.717, 1.165) is 10.0 Å². The molecule has 0 amide bonds. The first-order chi connectivity index (χ1) is 7.72. The third kappa shape index (κ3) is 2.31. The van der Waals surface area contributed by atoms with Crippen molar-refractivity contribution in [1.82, 2.24) is 0 Å². The average Bonchev–Trinajstić information content (AvgIpc) is 2.29. The van der Waals surface area contributed by atoms with Crippen LogP contribution in [0.15, 0.2) is 16.6 Å². The Labute approximate surface area is 102 Å². The maximum atomic E-state index is 9.80. The minimum atomic E-state index is -0.655. The highest BCUT2D eigenvalue weighted by Crippen LogP contribution is 2.39. The van der Waals surface area contributed by atoms with Crippen molar-refractivity contribution >= 4 is 15.9 Å². The van der Waals surface area contributed by atoms with E-state index in [9.17, 15) is 5.11 Å². The van der Waals surface area contributed by atoms with Crippen molar-refractivity contribution in [2.45, 2.75) is 6.10 Å². The molecule has 1 N–H and O–H groups in total. The van der Waals surface area contributed by atoms with Crippen LogP contribution in [0.5, 0.6) is 11.5 Å². The molecule has 1 aliphatic rings. The van der Waals surface area contributed by atoms with Crippen molar-refractivity contribution < 1.29 is 19.3 Å². The number of ether oxygens (including phenoxy) is 3. The maximum Gasteiger partial charge on any atom is 0.175 e. The van der Waals surface area contributed by atoms with Gasteiger partial charge in [-0.3, -0.25) is 0 Å². The van der Waals surface area contributed by atoms with E-state index in [0.29, 0.717) is 24.7 Å². The van der Waals surface area contributed by atoms with Gasteiger partial charge in [0.05, 0.1) is 11.1 Å². The summed E-state index contributed by atoms with van der Waals surface area (Å²) in [6.45, 7) is 1.33. The van der Waals surface area contributed by atoms with Crippen molar-refractivity contribution in [2.75, 3.05) is 26.9 Å². The fourth-order valence-corrected chi connectivity index (χ4v) is 2.15. The molecule has 1 heterocycles. The molecule has 2 rings (SSSR count). The van der Waals surface area contributed by atoms with Crippen LogP contribution in [0.3, 0.4) is 0 Å². The summed E-state index contributed by atoms with van der Waals surface area (Å²) in [5.74, 6) is 1.35. The van der Waals surface area contributed by atoms with Gasteiger partial charge in [-0.15, -0.1) is 0 Å². The van der Waals surface area contributed by atoms with Crippen LogP contribution in [0.1, 0.15) is 11.7 Å². The third-order valence-electron chi connectivity index (χ3n) is 2.33. The molecule has 4 nitrogen and oxygen atoms in total. The van der Waals surface area contributed by atoms with Crippen molar-refractivity contribution in [3.05, 3.63) is 22.2 Å². The number of rotatable bonds is 3. The SMILES string of the molecule is COCC(O)c1cc(Br)c2c(c1)OCCO2. The second kappa shape index (κ2) is 5.03. The fourth-order valence-electron chi connectivity index (χ4n) is 1.58. The molecule has 0 saturated carbocycles. The first-order valence-corrected chi connectivity index (χ1v) is 5.77. The monoisotopic (exact) mass is 288 g/mol. The van der Waals surface area contributed by atoms with Crippen molar-refractivity contribution in [1.29, 1.82) is 0 Å². The van der Waals surface area contributed by atoms with Crippen LogP contribution in [0.2, 0.25) is 0 Å². The Balaban J connectivity index is 2.31. The molecule has 0 aliphatic carbocycles. The van der Waals surface area contributed by atoms with Gasteiger partial charge in [0, 0.05) is 7.11 Å². The summed E-state index contributed by atoms with van der Waals surface area (Å²) in [5.41, 5.74) is 0.748. The Hall–Kier alpha value is -0.780. The Kier molecular flexibility index (Phi) is 3.68. The first-order valence-electron chi connectivity index (χ1n) is 4.98. The molecule has 0 saturated heterocycles. The summed E-state index contributed by atoms with van der Waals surface area (Å²) >= 11 is 3.40. The van der Waals surface area contributed by atoms with Crippen LogP contribution >= 0.6 is 15.9 Å². The zero-order valence-electron chi connectivity index (χ0n) is 8.90. The van der Waals surface area contributed by atoms with Gasteiger partial charge in [0.25, 0.3) is 0 Å². The number of benzene rings is 1. The zero-order valence-corrected chi connectivity index (χ0v) is 10.5. The van der Waals surface area contributed by atoms with Crippen molar-refractivity contribution in [3.8, 4) is 11.5 Å². The Morgan fingerprint density at radius 2 is 2.19 bits per heavy atom. The van der Waals surface area contributed by atoms with Crippen LogP contribution in [0.25, 0.3) is 0 Å². The quantitative estimate of drug-likeness (QED) is 0.923. The topological polar surface area (TPSA) is 47.9 Å². The zero-order chi connectivity index (χ0) is 11.5. The summed E-state index contributed by atoms with van der Waals surface area (Å²) in [6, 6.07) is 3.60. The van der Waals surface area contributed by atoms with Crippen LogP contribution in [-0.4, -0.2) is 32.0 Å². The molecule has 0 bridgehead atoms. The molecule has 88 valence electrons.